The van der Waals surface area contributed by atoms with E-state index < -0.39 is 0 Å². The molecular weight excluding hydrogens is 282 g/mol. The molecule has 1 aromatic heterocycles. The second kappa shape index (κ2) is 7.93. The van der Waals surface area contributed by atoms with Crippen molar-refractivity contribution < 1.29 is 9.21 Å². The molecule has 0 saturated carbocycles. The molecule has 112 valence electrons. The molecule has 3 nitrogen and oxygen atoms in total. The fraction of sp³-hybridized carbons (Fsp3) is 0.353. The first-order valence-corrected chi connectivity index (χ1v) is 8.17. The zero-order valence-electron chi connectivity index (χ0n) is 12.4. The number of thioether (sulfide) groups is 1. The number of carbonyl (C=O) groups excluding carboxylic acids is 1. The Bertz CT molecular complexity index is 537. The van der Waals surface area contributed by atoms with E-state index in [1.165, 1.54) is 5.56 Å². The van der Waals surface area contributed by atoms with E-state index >= 15 is 0 Å². The molecule has 1 atom stereocenters. The molecule has 0 aliphatic heterocycles. The third-order valence-corrected chi connectivity index (χ3v) is 4.77. The van der Waals surface area contributed by atoms with E-state index in [9.17, 15) is 4.79 Å². The topological polar surface area (TPSA) is 42.2 Å². The number of hydrogen-bond acceptors (Lipinski definition) is 3. The molecule has 0 bridgehead atoms. The van der Waals surface area contributed by atoms with Crippen LogP contribution in [0.2, 0.25) is 0 Å². The molecule has 0 aliphatic carbocycles. The monoisotopic (exact) mass is 303 g/mol. The first kappa shape index (κ1) is 15.7. The number of hydrogen-bond donors (Lipinski definition) is 1. The maximum atomic E-state index is 12.3. The SMILES string of the molecule is CC(C)C(SCc1ccccc1)C(=O)NCc1ccco1. The molecule has 1 unspecified atom stereocenters. The maximum absolute atomic E-state index is 12.3. The summed E-state index contributed by atoms with van der Waals surface area (Å²) in [6, 6.07) is 13.9. The van der Waals surface area contributed by atoms with E-state index in [2.05, 4.69) is 31.3 Å². The number of carbonyl (C=O) groups is 1. The molecule has 2 rings (SSSR count). The predicted molar refractivity (Wildman–Crippen MR) is 86.9 cm³/mol. The van der Waals surface area contributed by atoms with Crippen molar-refractivity contribution >= 4 is 17.7 Å². The van der Waals surface area contributed by atoms with Gasteiger partial charge in [0.2, 0.25) is 5.91 Å². The van der Waals surface area contributed by atoms with Gasteiger partial charge in [-0.05, 0) is 23.6 Å². The second-order valence-electron chi connectivity index (χ2n) is 5.26. The lowest BCUT2D eigenvalue weighted by molar-refractivity contribution is -0.121. The van der Waals surface area contributed by atoms with Gasteiger partial charge in [-0.3, -0.25) is 4.79 Å². The van der Waals surface area contributed by atoms with Gasteiger partial charge in [-0.15, -0.1) is 11.8 Å². The zero-order valence-corrected chi connectivity index (χ0v) is 13.2. The Morgan fingerprint density at radius 1 is 1.19 bits per heavy atom. The first-order chi connectivity index (χ1) is 10.2. The molecule has 1 aromatic carbocycles. The number of benzene rings is 1. The van der Waals surface area contributed by atoms with Crippen LogP contribution < -0.4 is 5.32 Å². The van der Waals surface area contributed by atoms with Crippen LogP contribution >= 0.6 is 11.8 Å². The average Bonchev–Trinajstić information content (AvgIpc) is 2.99. The van der Waals surface area contributed by atoms with Crippen LogP contribution in [0.4, 0.5) is 0 Å². The van der Waals surface area contributed by atoms with E-state index in [1.54, 1.807) is 18.0 Å². The normalized spacial score (nSPS) is 12.3. The number of nitrogens with one attached hydrogen (secondary N) is 1. The van der Waals surface area contributed by atoms with E-state index in [0.29, 0.717) is 6.54 Å². The predicted octanol–water partition coefficient (Wildman–Crippen LogP) is 3.85. The van der Waals surface area contributed by atoms with Crippen LogP contribution in [-0.2, 0) is 17.1 Å². The first-order valence-electron chi connectivity index (χ1n) is 7.12. The Morgan fingerprint density at radius 2 is 1.95 bits per heavy atom. The fourth-order valence-electron chi connectivity index (χ4n) is 2.02. The molecule has 2 aromatic rings. The molecule has 1 heterocycles. The fourth-order valence-corrected chi connectivity index (χ4v) is 3.20. The highest BCUT2D eigenvalue weighted by atomic mass is 32.2. The van der Waals surface area contributed by atoms with Gasteiger partial charge in [-0.1, -0.05) is 44.2 Å². The molecule has 0 aliphatic rings. The van der Waals surface area contributed by atoms with E-state index in [1.807, 2.05) is 30.3 Å². The van der Waals surface area contributed by atoms with Crippen LogP contribution in [0.3, 0.4) is 0 Å². The minimum Gasteiger partial charge on any atom is -0.467 e. The smallest absolute Gasteiger partial charge is 0.233 e. The van der Waals surface area contributed by atoms with Crippen LogP contribution in [0.15, 0.2) is 53.1 Å². The molecule has 4 heteroatoms. The van der Waals surface area contributed by atoms with Crippen LogP contribution in [0, 0.1) is 5.92 Å². The summed E-state index contributed by atoms with van der Waals surface area (Å²) in [6.45, 7) is 4.60. The Kier molecular flexibility index (Phi) is 5.93. The summed E-state index contributed by atoms with van der Waals surface area (Å²) < 4.78 is 5.23. The Balaban J connectivity index is 1.87. The van der Waals surface area contributed by atoms with E-state index in [4.69, 9.17) is 4.42 Å². The highest BCUT2D eigenvalue weighted by Gasteiger charge is 2.22. The quantitative estimate of drug-likeness (QED) is 0.844. The Hall–Kier alpha value is -1.68. The summed E-state index contributed by atoms with van der Waals surface area (Å²) in [6.07, 6.45) is 1.62. The summed E-state index contributed by atoms with van der Waals surface area (Å²) in [4.78, 5) is 12.3. The summed E-state index contributed by atoms with van der Waals surface area (Å²) in [7, 11) is 0. The molecule has 1 N–H and O–H groups in total. The van der Waals surface area contributed by atoms with Gasteiger partial charge in [-0.2, -0.15) is 0 Å². The maximum Gasteiger partial charge on any atom is 0.233 e. The average molecular weight is 303 g/mol. The molecule has 0 fully saturated rings. The van der Waals surface area contributed by atoms with Gasteiger partial charge in [-0.25, -0.2) is 0 Å². The van der Waals surface area contributed by atoms with Crippen molar-refractivity contribution in [3.8, 4) is 0 Å². The van der Waals surface area contributed by atoms with Crippen LogP contribution in [0.5, 0.6) is 0 Å². The van der Waals surface area contributed by atoms with Gasteiger partial charge in [0.25, 0.3) is 0 Å². The summed E-state index contributed by atoms with van der Waals surface area (Å²) >= 11 is 1.69. The third kappa shape index (κ3) is 4.97. The van der Waals surface area contributed by atoms with Crippen molar-refractivity contribution in [1.29, 1.82) is 0 Å². The largest absolute Gasteiger partial charge is 0.467 e. The number of amides is 1. The van der Waals surface area contributed by atoms with Crippen molar-refractivity contribution in [2.75, 3.05) is 0 Å². The van der Waals surface area contributed by atoms with Crippen molar-refractivity contribution in [3.05, 3.63) is 60.1 Å². The molecule has 21 heavy (non-hydrogen) atoms. The molecule has 1 amide bonds. The van der Waals surface area contributed by atoms with E-state index in [0.717, 1.165) is 11.5 Å². The highest BCUT2D eigenvalue weighted by molar-refractivity contribution is 7.99. The van der Waals surface area contributed by atoms with Crippen LogP contribution in [0.1, 0.15) is 25.2 Å². The highest BCUT2D eigenvalue weighted by Crippen LogP contribution is 2.24. The Morgan fingerprint density at radius 3 is 2.57 bits per heavy atom. The number of furan rings is 1. The van der Waals surface area contributed by atoms with Crippen molar-refractivity contribution in [2.45, 2.75) is 31.4 Å². The molecule has 0 radical (unpaired) electrons. The lowest BCUT2D eigenvalue weighted by Gasteiger charge is -2.19. The zero-order chi connectivity index (χ0) is 15.1. The summed E-state index contributed by atoms with van der Waals surface area (Å²) in [5, 5.41) is 2.89. The second-order valence-corrected chi connectivity index (χ2v) is 6.39. The minimum absolute atomic E-state index is 0.0554. The van der Waals surface area contributed by atoms with Gasteiger partial charge in [0, 0.05) is 5.75 Å². The number of rotatable bonds is 7. The van der Waals surface area contributed by atoms with Gasteiger partial charge in [0.15, 0.2) is 0 Å². The van der Waals surface area contributed by atoms with Gasteiger partial charge in [0.1, 0.15) is 5.76 Å². The third-order valence-electron chi connectivity index (χ3n) is 3.15. The van der Waals surface area contributed by atoms with Crippen LogP contribution in [0.25, 0.3) is 0 Å². The standard InChI is InChI=1S/C17H21NO2S/c1-13(2)16(21-12-14-7-4-3-5-8-14)17(19)18-11-15-9-6-10-20-15/h3-10,13,16H,11-12H2,1-2H3,(H,18,19). The van der Waals surface area contributed by atoms with Crippen molar-refractivity contribution in [1.82, 2.24) is 5.32 Å². The lowest BCUT2D eigenvalue weighted by atomic mass is 10.1. The van der Waals surface area contributed by atoms with Gasteiger partial charge in [0.05, 0.1) is 18.1 Å². The summed E-state index contributed by atoms with van der Waals surface area (Å²) in [5.74, 6) is 1.98. The van der Waals surface area contributed by atoms with Gasteiger partial charge < -0.3 is 9.73 Å². The van der Waals surface area contributed by atoms with Crippen molar-refractivity contribution in [3.63, 3.8) is 0 Å². The lowest BCUT2D eigenvalue weighted by Crippen LogP contribution is -2.35. The summed E-state index contributed by atoms with van der Waals surface area (Å²) in [5.41, 5.74) is 1.24. The Labute approximate surface area is 130 Å². The molecule has 0 spiro atoms. The van der Waals surface area contributed by atoms with Gasteiger partial charge >= 0.3 is 0 Å². The molecule has 0 saturated heterocycles. The minimum atomic E-state index is -0.0554. The van der Waals surface area contributed by atoms with Crippen LogP contribution in [-0.4, -0.2) is 11.2 Å². The van der Waals surface area contributed by atoms with Crippen molar-refractivity contribution in [2.24, 2.45) is 5.92 Å². The van der Waals surface area contributed by atoms with E-state index in [-0.39, 0.29) is 17.1 Å². The molecular formula is C17H21NO2S.